The highest BCUT2D eigenvalue weighted by atomic mass is 32.2. The number of thioether (sulfide) groups is 1. The van der Waals surface area contributed by atoms with E-state index in [4.69, 9.17) is 0 Å². The van der Waals surface area contributed by atoms with Crippen LogP contribution in [0.1, 0.15) is 37.8 Å². The molecule has 0 atom stereocenters. The smallest absolute Gasteiger partial charge is 0.233 e. The topological polar surface area (TPSA) is 63.9 Å². The summed E-state index contributed by atoms with van der Waals surface area (Å²) in [5.41, 5.74) is 4.23. The van der Waals surface area contributed by atoms with E-state index in [-0.39, 0.29) is 5.91 Å². The zero-order valence-corrected chi connectivity index (χ0v) is 18.9. The fourth-order valence-electron chi connectivity index (χ4n) is 3.34. The Balaban J connectivity index is 1.93. The molecule has 0 aliphatic carbocycles. The molecule has 1 amide bonds. The normalized spacial score (nSPS) is 10.9. The molecule has 7 heteroatoms. The number of unbranched alkanes of at least 4 members (excludes halogenated alkanes) is 1. The van der Waals surface area contributed by atoms with Crippen LogP contribution in [0.4, 0.5) is 0 Å². The van der Waals surface area contributed by atoms with Gasteiger partial charge in [-0.3, -0.25) is 14.3 Å². The van der Waals surface area contributed by atoms with E-state index in [1.165, 1.54) is 17.3 Å². The third kappa shape index (κ3) is 5.08. The largest absolute Gasteiger partial charge is 0.342 e. The molecule has 0 saturated heterocycles. The van der Waals surface area contributed by atoms with Gasteiger partial charge >= 0.3 is 0 Å². The van der Waals surface area contributed by atoms with E-state index < -0.39 is 0 Å². The van der Waals surface area contributed by atoms with Crippen LogP contribution in [0.5, 0.6) is 0 Å². The molecule has 158 valence electrons. The molecule has 1 aromatic carbocycles. The number of carbonyl (C=O) groups excluding carboxylic acids is 1. The van der Waals surface area contributed by atoms with Gasteiger partial charge in [-0.05, 0) is 51.0 Å². The van der Waals surface area contributed by atoms with Crippen LogP contribution in [0.25, 0.3) is 17.1 Å². The molecular weight excluding hydrogens is 394 g/mol. The Labute approximate surface area is 182 Å². The van der Waals surface area contributed by atoms with Crippen molar-refractivity contribution in [2.75, 3.05) is 18.8 Å². The van der Waals surface area contributed by atoms with Gasteiger partial charge in [0.1, 0.15) is 0 Å². The maximum atomic E-state index is 12.7. The van der Waals surface area contributed by atoms with Crippen molar-refractivity contribution in [2.24, 2.45) is 0 Å². The molecule has 0 spiro atoms. The first-order valence-electron chi connectivity index (χ1n) is 10.4. The number of hydrogen-bond acceptors (Lipinski definition) is 5. The Bertz CT molecular complexity index is 987. The van der Waals surface area contributed by atoms with Crippen LogP contribution in [-0.4, -0.2) is 49.4 Å². The number of benzene rings is 1. The van der Waals surface area contributed by atoms with Gasteiger partial charge in [-0.2, -0.15) is 0 Å². The Morgan fingerprint density at radius 3 is 2.67 bits per heavy atom. The summed E-state index contributed by atoms with van der Waals surface area (Å²) in [5.74, 6) is 1.20. The minimum atomic E-state index is 0.133. The van der Waals surface area contributed by atoms with Crippen molar-refractivity contribution >= 4 is 17.7 Å². The van der Waals surface area contributed by atoms with Crippen molar-refractivity contribution in [3.05, 3.63) is 53.9 Å². The van der Waals surface area contributed by atoms with Crippen LogP contribution in [0.3, 0.4) is 0 Å². The summed E-state index contributed by atoms with van der Waals surface area (Å²) in [6.07, 6.45) is 5.62. The molecule has 3 aromatic rings. The molecule has 30 heavy (non-hydrogen) atoms. The van der Waals surface area contributed by atoms with Crippen molar-refractivity contribution in [3.63, 3.8) is 0 Å². The quantitative estimate of drug-likeness (QED) is 0.467. The van der Waals surface area contributed by atoms with Gasteiger partial charge in [-0.25, -0.2) is 0 Å². The van der Waals surface area contributed by atoms with Crippen molar-refractivity contribution in [2.45, 2.75) is 45.7 Å². The van der Waals surface area contributed by atoms with Crippen LogP contribution >= 0.6 is 11.8 Å². The van der Waals surface area contributed by atoms with Gasteiger partial charge in [0.2, 0.25) is 5.91 Å². The van der Waals surface area contributed by atoms with Crippen LogP contribution in [0, 0.1) is 13.8 Å². The average Bonchev–Trinajstić information content (AvgIpc) is 3.17. The number of aryl methyl sites for hydroxylation is 2. The van der Waals surface area contributed by atoms with E-state index in [1.807, 2.05) is 28.5 Å². The van der Waals surface area contributed by atoms with E-state index >= 15 is 0 Å². The number of carbonyl (C=O) groups is 1. The van der Waals surface area contributed by atoms with Crippen molar-refractivity contribution in [3.8, 4) is 17.1 Å². The number of nitrogens with zero attached hydrogens (tertiary/aromatic N) is 5. The van der Waals surface area contributed by atoms with Gasteiger partial charge in [-0.1, -0.05) is 42.8 Å². The molecule has 6 nitrogen and oxygen atoms in total. The van der Waals surface area contributed by atoms with Crippen LogP contribution in [0.15, 0.2) is 47.9 Å². The predicted molar refractivity (Wildman–Crippen MR) is 122 cm³/mol. The molecular formula is C23H29N5OS. The van der Waals surface area contributed by atoms with Gasteiger partial charge in [0.25, 0.3) is 0 Å². The molecule has 0 N–H and O–H groups in total. The van der Waals surface area contributed by atoms with Crippen molar-refractivity contribution in [1.29, 1.82) is 0 Å². The Kier molecular flexibility index (Phi) is 7.63. The van der Waals surface area contributed by atoms with Gasteiger partial charge in [0, 0.05) is 31.0 Å². The first-order valence-corrected chi connectivity index (χ1v) is 11.4. The number of amides is 1. The Morgan fingerprint density at radius 1 is 1.17 bits per heavy atom. The van der Waals surface area contributed by atoms with Crippen LogP contribution < -0.4 is 0 Å². The summed E-state index contributed by atoms with van der Waals surface area (Å²) in [6.45, 7) is 9.85. The number of aromatic nitrogens is 4. The highest BCUT2D eigenvalue weighted by Gasteiger charge is 2.20. The number of pyridine rings is 1. The third-order valence-corrected chi connectivity index (χ3v) is 5.90. The first kappa shape index (κ1) is 22.0. The standard InChI is InChI=1S/C23H29N5OS/c1-5-7-13-27(6-2)21(29)16-30-23-26-25-22(19-9-8-12-24-15-19)28(23)20-11-10-17(3)14-18(20)4/h8-12,14-15H,5-7,13,16H2,1-4H3. The van der Waals surface area contributed by atoms with Gasteiger partial charge in [-0.15, -0.1) is 10.2 Å². The number of hydrogen-bond donors (Lipinski definition) is 0. The van der Waals surface area contributed by atoms with E-state index in [0.717, 1.165) is 48.6 Å². The fraction of sp³-hybridized carbons (Fsp3) is 0.391. The summed E-state index contributed by atoms with van der Waals surface area (Å²) < 4.78 is 2.03. The van der Waals surface area contributed by atoms with Crippen molar-refractivity contribution < 1.29 is 4.79 Å². The minimum Gasteiger partial charge on any atom is -0.342 e. The monoisotopic (exact) mass is 423 g/mol. The SMILES string of the molecule is CCCCN(CC)C(=O)CSc1nnc(-c2cccnc2)n1-c1ccc(C)cc1C. The average molecular weight is 424 g/mol. The first-order chi connectivity index (χ1) is 14.5. The second kappa shape index (κ2) is 10.4. The minimum absolute atomic E-state index is 0.133. The van der Waals surface area contributed by atoms with Gasteiger partial charge in [0.05, 0.1) is 11.4 Å². The highest BCUT2D eigenvalue weighted by molar-refractivity contribution is 7.99. The van der Waals surface area contributed by atoms with Gasteiger partial charge in [0.15, 0.2) is 11.0 Å². The van der Waals surface area contributed by atoms with E-state index in [0.29, 0.717) is 10.9 Å². The maximum Gasteiger partial charge on any atom is 0.233 e. The van der Waals surface area contributed by atoms with Crippen LogP contribution in [-0.2, 0) is 4.79 Å². The zero-order valence-electron chi connectivity index (χ0n) is 18.1. The zero-order chi connectivity index (χ0) is 21.5. The summed E-state index contributed by atoms with van der Waals surface area (Å²) in [4.78, 5) is 18.9. The molecule has 0 bridgehead atoms. The second-order valence-electron chi connectivity index (χ2n) is 7.29. The molecule has 0 fully saturated rings. The molecule has 3 rings (SSSR count). The lowest BCUT2D eigenvalue weighted by molar-refractivity contribution is -0.128. The Morgan fingerprint density at radius 2 is 2.00 bits per heavy atom. The van der Waals surface area contributed by atoms with Crippen molar-refractivity contribution in [1.82, 2.24) is 24.6 Å². The summed E-state index contributed by atoms with van der Waals surface area (Å²) in [7, 11) is 0. The van der Waals surface area contributed by atoms with Crippen LogP contribution in [0.2, 0.25) is 0 Å². The lowest BCUT2D eigenvalue weighted by Crippen LogP contribution is -2.33. The lowest BCUT2D eigenvalue weighted by Gasteiger charge is -2.20. The fourth-order valence-corrected chi connectivity index (χ4v) is 4.19. The predicted octanol–water partition coefficient (Wildman–Crippen LogP) is 4.69. The van der Waals surface area contributed by atoms with E-state index in [2.05, 4.69) is 54.2 Å². The molecule has 2 heterocycles. The maximum absolute atomic E-state index is 12.7. The highest BCUT2D eigenvalue weighted by Crippen LogP contribution is 2.29. The Hall–Kier alpha value is -2.67. The number of rotatable bonds is 9. The molecule has 0 aliphatic rings. The molecule has 2 aromatic heterocycles. The summed E-state index contributed by atoms with van der Waals surface area (Å²) >= 11 is 1.43. The summed E-state index contributed by atoms with van der Waals surface area (Å²) in [5, 5.41) is 9.58. The third-order valence-electron chi connectivity index (χ3n) is 4.99. The molecule has 0 saturated carbocycles. The van der Waals surface area contributed by atoms with Gasteiger partial charge < -0.3 is 4.90 Å². The molecule has 0 radical (unpaired) electrons. The molecule has 0 aliphatic heterocycles. The molecule has 0 unspecified atom stereocenters. The summed E-state index contributed by atoms with van der Waals surface area (Å²) in [6, 6.07) is 10.2. The van der Waals surface area contributed by atoms with E-state index in [1.54, 1.807) is 12.4 Å². The lowest BCUT2D eigenvalue weighted by atomic mass is 10.1. The van der Waals surface area contributed by atoms with E-state index in [9.17, 15) is 4.79 Å². The second-order valence-corrected chi connectivity index (χ2v) is 8.23.